The second kappa shape index (κ2) is 6.03. The standard InChI is InChI=1S/C14H23N3OS/c1-9-4-7-12(19-9)14(10(2)15)17(3)8-13(18)16-11-5-6-11/h4,7,10-11,14H,5-6,8,15H2,1-3H3,(H,16,18). The molecule has 0 radical (unpaired) electrons. The van der Waals surface area contributed by atoms with Crippen LogP contribution in [0.3, 0.4) is 0 Å². The van der Waals surface area contributed by atoms with Crippen LogP contribution in [0.5, 0.6) is 0 Å². The average molecular weight is 281 g/mol. The largest absolute Gasteiger partial charge is 0.352 e. The summed E-state index contributed by atoms with van der Waals surface area (Å²) in [6, 6.07) is 4.73. The molecule has 2 atom stereocenters. The van der Waals surface area contributed by atoms with Gasteiger partial charge in [0.05, 0.1) is 12.6 Å². The van der Waals surface area contributed by atoms with Gasteiger partial charge in [0, 0.05) is 21.8 Å². The van der Waals surface area contributed by atoms with Crippen LogP contribution in [-0.2, 0) is 4.79 Å². The summed E-state index contributed by atoms with van der Waals surface area (Å²) in [7, 11) is 1.97. The molecule has 3 N–H and O–H groups in total. The third-order valence-corrected chi connectivity index (χ3v) is 4.43. The van der Waals surface area contributed by atoms with Gasteiger partial charge in [-0.2, -0.15) is 0 Å². The third kappa shape index (κ3) is 4.03. The number of likely N-dealkylation sites (N-methyl/N-ethyl adjacent to an activating group) is 1. The lowest BCUT2D eigenvalue weighted by Gasteiger charge is -2.29. The maximum Gasteiger partial charge on any atom is 0.234 e. The van der Waals surface area contributed by atoms with Crippen LogP contribution in [0.25, 0.3) is 0 Å². The summed E-state index contributed by atoms with van der Waals surface area (Å²) < 4.78 is 0. The van der Waals surface area contributed by atoms with E-state index in [1.165, 1.54) is 9.75 Å². The van der Waals surface area contributed by atoms with Gasteiger partial charge in [0.2, 0.25) is 5.91 Å². The minimum absolute atomic E-state index is 0.00299. The molecule has 1 aromatic heterocycles. The predicted octanol–water partition coefficient (Wildman–Crippen LogP) is 1.66. The van der Waals surface area contributed by atoms with E-state index in [0.717, 1.165) is 12.8 Å². The Morgan fingerprint density at radius 1 is 1.58 bits per heavy atom. The molecule has 4 nitrogen and oxygen atoms in total. The molecule has 1 fully saturated rings. The Balaban J connectivity index is 1.99. The van der Waals surface area contributed by atoms with Crippen LogP contribution in [-0.4, -0.2) is 36.5 Å². The zero-order valence-electron chi connectivity index (χ0n) is 11.8. The summed E-state index contributed by atoms with van der Waals surface area (Å²) in [5, 5.41) is 3.02. The highest BCUT2D eigenvalue weighted by atomic mass is 32.1. The quantitative estimate of drug-likeness (QED) is 0.833. The lowest BCUT2D eigenvalue weighted by molar-refractivity contribution is -0.122. The first-order chi connectivity index (χ1) is 8.97. The second-order valence-corrected chi connectivity index (χ2v) is 6.83. The normalized spacial score (nSPS) is 18.4. The lowest BCUT2D eigenvalue weighted by atomic mass is 10.1. The summed E-state index contributed by atoms with van der Waals surface area (Å²) in [5.41, 5.74) is 6.10. The van der Waals surface area contributed by atoms with E-state index in [4.69, 9.17) is 5.73 Å². The monoisotopic (exact) mass is 281 g/mol. The molecule has 5 heteroatoms. The number of amides is 1. The fourth-order valence-electron chi connectivity index (χ4n) is 2.32. The van der Waals surface area contributed by atoms with Crippen LogP contribution in [0.2, 0.25) is 0 Å². The fraction of sp³-hybridized carbons (Fsp3) is 0.643. The second-order valence-electron chi connectivity index (χ2n) is 5.51. The van der Waals surface area contributed by atoms with Crippen molar-refractivity contribution in [3.8, 4) is 0 Å². The molecule has 2 unspecified atom stereocenters. The van der Waals surface area contributed by atoms with E-state index < -0.39 is 0 Å². The molecule has 1 saturated carbocycles. The van der Waals surface area contributed by atoms with Crippen molar-refractivity contribution in [3.63, 3.8) is 0 Å². The molecule has 0 aromatic carbocycles. The van der Waals surface area contributed by atoms with E-state index in [2.05, 4.69) is 24.4 Å². The molecule has 1 aromatic rings. The summed E-state index contributed by atoms with van der Waals surface area (Å²) in [5.74, 6) is 0.101. The molecule has 1 heterocycles. The molecule has 1 aliphatic carbocycles. The highest BCUT2D eigenvalue weighted by molar-refractivity contribution is 7.12. The number of hydrogen-bond acceptors (Lipinski definition) is 4. The smallest absolute Gasteiger partial charge is 0.234 e. The third-order valence-electron chi connectivity index (χ3n) is 3.36. The van der Waals surface area contributed by atoms with Crippen molar-refractivity contribution in [1.29, 1.82) is 0 Å². The van der Waals surface area contributed by atoms with Crippen molar-refractivity contribution >= 4 is 17.2 Å². The molecular weight excluding hydrogens is 258 g/mol. The van der Waals surface area contributed by atoms with E-state index in [1.807, 2.05) is 18.9 Å². The Labute approximate surface area is 119 Å². The topological polar surface area (TPSA) is 58.4 Å². The molecule has 19 heavy (non-hydrogen) atoms. The predicted molar refractivity (Wildman–Crippen MR) is 79.2 cm³/mol. The number of rotatable bonds is 6. The van der Waals surface area contributed by atoms with E-state index in [1.54, 1.807) is 11.3 Å². The van der Waals surface area contributed by atoms with Crippen molar-refractivity contribution in [1.82, 2.24) is 10.2 Å². The van der Waals surface area contributed by atoms with Gasteiger partial charge in [-0.25, -0.2) is 0 Å². The Hall–Kier alpha value is -0.910. The van der Waals surface area contributed by atoms with Gasteiger partial charge < -0.3 is 11.1 Å². The molecule has 2 rings (SSSR count). The molecular formula is C14H23N3OS. The van der Waals surface area contributed by atoms with Gasteiger partial charge in [-0.15, -0.1) is 11.3 Å². The molecule has 0 bridgehead atoms. The summed E-state index contributed by atoms with van der Waals surface area (Å²) >= 11 is 1.75. The fourth-order valence-corrected chi connectivity index (χ4v) is 3.48. The number of nitrogens with zero attached hydrogens (tertiary/aromatic N) is 1. The molecule has 0 spiro atoms. The number of hydrogen-bond donors (Lipinski definition) is 2. The minimum Gasteiger partial charge on any atom is -0.352 e. The number of carbonyl (C=O) groups is 1. The number of thiophene rings is 1. The van der Waals surface area contributed by atoms with Crippen LogP contribution in [0, 0.1) is 6.92 Å². The molecule has 106 valence electrons. The van der Waals surface area contributed by atoms with Gasteiger partial charge in [0.15, 0.2) is 0 Å². The van der Waals surface area contributed by atoms with Crippen molar-refractivity contribution in [2.24, 2.45) is 5.73 Å². The molecule has 1 amide bonds. The maximum atomic E-state index is 11.9. The average Bonchev–Trinajstić information content (AvgIpc) is 3.00. The van der Waals surface area contributed by atoms with Crippen molar-refractivity contribution in [2.45, 2.75) is 44.8 Å². The Morgan fingerprint density at radius 2 is 2.26 bits per heavy atom. The van der Waals surface area contributed by atoms with E-state index >= 15 is 0 Å². The Bertz CT molecular complexity index is 440. The Morgan fingerprint density at radius 3 is 2.74 bits per heavy atom. The number of nitrogens with two attached hydrogens (primary N) is 1. The van der Waals surface area contributed by atoms with Gasteiger partial charge in [-0.3, -0.25) is 9.69 Å². The van der Waals surface area contributed by atoms with Crippen LogP contribution in [0.1, 0.15) is 35.6 Å². The van der Waals surface area contributed by atoms with E-state index in [-0.39, 0.29) is 18.0 Å². The summed E-state index contributed by atoms with van der Waals surface area (Å²) in [6.45, 7) is 4.49. The zero-order valence-corrected chi connectivity index (χ0v) is 12.7. The number of aryl methyl sites for hydroxylation is 1. The van der Waals surface area contributed by atoms with Gasteiger partial charge >= 0.3 is 0 Å². The summed E-state index contributed by atoms with van der Waals surface area (Å²) in [4.78, 5) is 16.4. The van der Waals surface area contributed by atoms with Crippen molar-refractivity contribution in [2.75, 3.05) is 13.6 Å². The van der Waals surface area contributed by atoms with Gasteiger partial charge in [0.1, 0.15) is 0 Å². The number of nitrogens with one attached hydrogen (secondary N) is 1. The molecule has 0 aliphatic heterocycles. The van der Waals surface area contributed by atoms with Gasteiger partial charge in [-0.1, -0.05) is 0 Å². The van der Waals surface area contributed by atoms with Gasteiger partial charge in [0.25, 0.3) is 0 Å². The first-order valence-corrected chi connectivity index (χ1v) is 7.60. The minimum atomic E-state index is -0.00299. The highest BCUT2D eigenvalue weighted by Crippen LogP contribution is 2.28. The van der Waals surface area contributed by atoms with Crippen LogP contribution >= 0.6 is 11.3 Å². The highest BCUT2D eigenvalue weighted by Gasteiger charge is 2.27. The van der Waals surface area contributed by atoms with Crippen molar-refractivity contribution < 1.29 is 4.79 Å². The Kier molecular flexibility index (Phi) is 4.60. The van der Waals surface area contributed by atoms with Crippen LogP contribution in [0.4, 0.5) is 0 Å². The molecule has 0 saturated heterocycles. The molecule has 1 aliphatic rings. The van der Waals surface area contributed by atoms with E-state index in [9.17, 15) is 4.79 Å². The maximum absolute atomic E-state index is 11.9. The first kappa shape index (κ1) is 14.5. The first-order valence-electron chi connectivity index (χ1n) is 6.79. The van der Waals surface area contributed by atoms with Crippen LogP contribution < -0.4 is 11.1 Å². The van der Waals surface area contributed by atoms with Crippen molar-refractivity contribution in [3.05, 3.63) is 21.9 Å². The zero-order chi connectivity index (χ0) is 14.0. The SMILES string of the molecule is Cc1ccc(C(C(C)N)N(C)CC(=O)NC2CC2)s1. The van der Waals surface area contributed by atoms with Crippen LogP contribution in [0.15, 0.2) is 12.1 Å². The number of carbonyl (C=O) groups excluding carboxylic acids is 1. The van der Waals surface area contributed by atoms with E-state index in [0.29, 0.717) is 12.6 Å². The summed E-state index contributed by atoms with van der Waals surface area (Å²) in [6.07, 6.45) is 2.24. The lowest BCUT2D eigenvalue weighted by Crippen LogP contribution is -2.42. The van der Waals surface area contributed by atoms with Gasteiger partial charge in [-0.05, 0) is 45.9 Å².